The van der Waals surface area contributed by atoms with Crippen molar-refractivity contribution in [1.82, 2.24) is 15.2 Å². The number of nitrogens with one attached hydrogen (secondary N) is 1. The van der Waals surface area contributed by atoms with Gasteiger partial charge in [-0.05, 0) is 84.4 Å². The lowest BCUT2D eigenvalue weighted by Gasteiger charge is -2.31. The van der Waals surface area contributed by atoms with Gasteiger partial charge in [0.2, 0.25) is 5.91 Å². The number of hydrogen-bond donors (Lipinski definition) is 1. The Labute approximate surface area is 269 Å². The SMILES string of the molecule is COc1ccc(CNC(=O)C2(CCCCN3CCCN(c4nc5ccccc5s4)CC3)c3ccccc3-c3ccccc32)cc1. The van der Waals surface area contributed by atoms with Gasteiger partial charge in [0.25, 0.3) is 0 Å². The summed E-state index contributed by atoms with van der Waals surface area (Å²) in [4.78, 5) is 24.4. The Morgan fingerprint density at radius 1 is 0.844 bits per heavy atom. The van der Waals surface area contributed by atoms with Gasteiger partial charge in [-0.1, -0.05) is 90.6 Å². The largest absolute Gasteiger partial charge is 0.497 e. The number of fused-ring (bicyclic) bond motifs is 4. The molecule has 4 aromatic carbocycles. The van der Waals surface area contributed by atoms with Crippen LogP contribution in [0.5, 0.6) is 5.75 Å². The number of carbonyl (C=O) groups excluding carboxylic acids is 1. The first-order chi connectivity index (χ1) is 22.2. The Morgan fingerprint density at radius 3 is 2.29 bits per heavy atom. The molecule has 7 rings (SSSR count). The van der Waals surface area contributed by atoms with Gasteiger partial charge in [0.15, 0.2) is 5.13 Å². The first kappa shape index (κ1) is 29.5. The molecule has 0 unspecified atom stereocenters. The number of benzene rings is 4. The molecule has 0 spiro atoms. The summed E-state index contributed by atoms with van der Waals surface area (Å²) >= 11 is 1.80. The summed E-state index contributed by atoms with van der Waals surface area (Å²) in [6.07, 6.45) is 3.94. The molecule has 1 saturated heterocycles. The maximum atomic E-state index is 14.4. The zero-order valence-corrected chi connectivity index (χ0v) is 26.7. The van der Waals surface area contributed by atoms with Crippen molar-refractivity contribution in [2.75, 3.05) is 44.7 Å². The van der Waals surface area contributed by atoms with Gasteiger partial charge in [0.05, 0.1) is 17.3 Å². The van der Waals surface area contributed by atoms with Gasteiger partial charge in [-0.25, -0.2) is 4.98 Å². The second-order valence-corrected chi connectivity index (χ2v) is 13.1. The van der Waals surface area contributed by atoms with Crippen LogP contribution in [0.4, 0.5) is 5.13 Å². The highest BCUT2D eigenvalue weighted by Crippen LogP contribution is 2.51. The number of carbonyl (C=O) groups is 1. The molecule has 1 N–H and O–H groups in total. The third kappa shape index (κ3) is 5.83. The Bertz CT molecular complexity index is 1700. The molecule has 1 aliphatic carbocycles. The number of nitrogens with zero attached hydrogens (tertiary/aromatic N) is 3. The minimum Gasteiger partial charge on any atom is -0.497 e. The van der Waals surface area contributed by atoms with Crippen molar-refractivity contribution >= 4 is 32.6 Å². The van der Waals surface area contributed by atoms with Crippen molar-refractivity contribution in [3.05, 3.63) is 114 Å². The lowest BCUT2D eigenvalue weighted by atomic mass is 9.73. The third-order valence-corrected chi connectivity index (χ3v) is 10.6. The number of methoxy groups -OCH3 is 1. The summed E-state index contributed by atoms with van der Waals surface area (Å²) in [6, 6.07) is 33.3. The molecule has 6 nitrogen and oxygen atoms in total. The van der Waals surface area contributed by atoms with Crippen molar-refractivity contribution in [2.45, 2.75) is 37.6 Å². The van der Waals surface area contributed by atoms with Crippen molar-refractivity contribution in [3.63, 3.8) is 0 Å². The lowest BCUT2D eigenvalue weighted by molar-refractivity contribution is -0.125. The number of para-hydroxylation sites is 1. The van der Waals surface area contributed by atoms with Crippen LogP contribution >= 0.6 is 11.3 Å². The molecule has 2 heterocycles. The topological polar surface area (TPSA) is 57.7 Å². The monoisotopic (exact) mass is 616 g/mol. The van der Waals surface area contributed by atoms with E-state index >= 15 is 0 Å². The average Bonchev–Trinajstić information content (AvgIpc) is 3.55. The Balaban J connectivity index is 1.04. The molecular weight excluding hydrogens is 577 g/mol. The minimum atomic E-state index is -0.706. The third-order valence-electron chi connectivity index (χ3n) is 9.48. The van der Waals surface area contributed by atoms with Crippen LogP contribution < -0.4 is 15.0 Å². The van der Waals surface area contributed by atoms with Crippen LogP contribution in [0.3, 0.4) is 0 Å². The van der Waals surface area contributed by atoms with E-state index < -0.39 is 5.41 Å². The maximum absolute atomic E-state index is 14.4. The van der Waals surface area contributed by atoms with Crippen LogP contribution in [0.15, 0.2) is 97.1 Å². The van der Waals surface area contributed by atoms with Gasteiger partial charge >= 0.3 is 0 Å². The molecule has 0 atom stereocenters. The summed E-state index contributed by atoms with van der Waals surface area (Å²) in [5.74, 6) is 0.894. The summed E-state index contributed by atoms with van der Waals surface area (Å²) in [6.45, 7) is 5.70. The van der Waals surface area contributed by atoms with E-state index in [2.05, 4.69) is 87.9 Å². The first-order valence-electron chi connectivity index (χ1n) is 16.1. The Morgan fingerprint density at radius 2 is 1.56 bits per heavy atom. The standard InChI is InChI=1S/C38H40N4O2S/c1-44-29-19-17-28(18-20-29)27-39-36(43)38(32-13-4-2-11-30(32)31-12-3-5-14-33(31)38)21-8-9-22-41-23-10-24-42(26-25-41)37-40-34-15-6-7-16-35(34)45-37/h2-7,11-20H,8-10,21-27H2,1H3,(H,39,43). The van der Waals surface area contributed by atoms with E-state index in [0.29, 0.717) is 6.54 Å². The van der Waals surface area contributed by atoms with E-state index in [9.17, 15) is 4.79 Å². The van der Waals surface area contributed by atoms with Gasteiger partial charge in [-0.15, -0.1) is 0 Å². The number of rotatable bonds is 10. The molecule has 1 aliphatic heterocycles. The molecule has 1 fully saturated rings. The van der Waals surface area contributed by atoms with Crippen molar-refractivity contribution in [2.24, 2.45) is 0 Å². The van der Waals surface area contributed by atoms with Crippen LogP contribution in [0, 0.1) is 0 Å². The minimum absolute atomic E-state index is 0.0805. The number of thiazole rings is 1. The van der Waals surface area contributed by atoms with Gasteiger partial charge in [-0.2, -0.15) is 0 Å². The van der Waals surface area contributed by atoms with E-state index in [1.54, 1.807) is 18.4 Å². The summed E-state index contributed by atoms with van der Waals surface area (Å²) in [7, 11) is 1.67. The molecule has 7 heteroatoms. The maximum Gasteiger partial charge on any atom is 0.235 e. The van der Waals surface area contributed by atoms with E-state index in [-0.39, 0.29) is 5.91 Å². The average molecular weight is 617 g/mol. The van der Waals surface area contributed by atoms with Gasteiger partial charge in [-0.3, -0.25) is 4.79 Å². The Hall–Kier alpha value is -4.20. The van der Waals surface area contributed by atoms with E-state index in [4.69, 9.17) is 9.72 Å². The van der Waals surface area contributed by atoms with Crippen LogP contribution in [0.25, 0.3) is 21.3 Å². The summed E-state index contributed by atoms with van der Waals surface area (Å²) < 4.78 is 6.57. The predicted molar refractivity (Wildman–Crippen MR) is 184 cm³/mol. The molecule has 0 bridgehead atoms. The molecule has 2 aliphatic rings. The van der Waals surface area contributed by atoms with Crippen LogP contribution in [0.1, 0.15) is 42.4 Å². The zero-order chi connectivity index (χ0) is 30.6. The van der Waals surface area contributed by atoms with Gasteiger partial charge < -0.3 is 19.9 Å². The molecule has 1 amide bonds. The van der Waals surface area contributed by atoms with E-state index in [0.717, 1.165) is 91.5 Å². The molecule has 45 heavy (non-hydrogen) atoms. The fourth-order valence-corrected chi connectivity index (χ4v) is 8.15. The number of hydrogen-bond acceptors (Lipinski definition) is 6. The fourth-order valence-electron chi connectivity index (χ4n) is 7.14. The molecule has 230 valence electrons. The highest BCUT2D eigenvalue weighted by atomic mass is 32.1. The number of anilines is 1. The lowest BCUT2D eigenvalue weighted by Crippen LogP contribution is -2.44. The number of ether oxygens (including phenoxy) is 1. The van der Waals surface area contributed by atoms with E-state index in [1.807, 2.05) is 24.3 Å². The quantitative estimate of drug-likeness (QED) is 0.167. The highest BCUT2D eigenvalue weighted by Gasteiger charge is 2.48. The number of unbranched alkanes of at least 4 members (excludes halogenated alkanes) is 1. The molecule has 0 radical (unpaired) electrons. The summed E-state index contributed by atoms with van der Waals surface area (Å²) in [5, 5.41) is 4.47. The Kier molecular flexibility index (Phi) is 8.55. The second kappa shape index (κ2) is 13.0. The van der Waals surface area contributed by atoms with E-state index in [1.165, 1.54) is 15.8 Å². The van der Waals surface area contributed by atoms with Crippen LogP contribution in [0.2, 0.25) is 0 Å². The van der Waals surface area contributed by atoms with Crippen LogP contribution in [-0.2, 0) is 16.8 Å². The number of aromatic nitrogens is 1. The van der Waals surface area contributed by atoms with Crippen molar-refractivity contribution in [3.8, 4) is 16.9 Å². The van der Waals surface area contributed by atoms with Crippen molar-refractivity contribution < 1.29 is 9.53 Å². The normalized spacial score (nSPS) is 15.8. The van der Waals surface area contributed by atoms with Crippen LogP contribution in [-0.4, -0.2) is 55.6 Å². The smallest absolute Gasteiger partial charge is 0.235 e. The molecule has 1 aromatic heterocycles. The van der Waals surface area contributed by atoms with Gasteiger partial charge in [0, 0.05) is 26.2 Å². The zero-order valence-electron chi connectivity index (χ0n) is 25.9. The predicted octanol–water partition coefficient (Wildman–Crippen LogP) is 7.27. The van der Waals surface area contributed by atoms with Gasteiger partial charge in [0.1, 0.15) is 11.2 Å². The summed E-state index contributed by atoms with van der Waals surface area (Å²) in [5.41, 5.74) is 6.04. The highest BCUT2D eigenvalue weighted by molar-refractivity contribution is 7.22. The molecule has 5 aromatic rings. The fraction of sp³-hybridized carbons (Fsp3) is 0.316. The second-order valence-electron chi connectivity index (χ2n) is 12.1. The number of amides is 1. The molecular formula is C38H40N4O2S. The molecule has 0 saturated carbocycles. The first-order valence-corrected chi connectivity index (χ1v) is 16.9. The van der Waals surface area contributed by atoms with Crippen molar-refractivity contribution in [1.29, 1.82) is 0 Å².